The lowest BCUT2D eigenvalue weighted by molar-refractivity contribution is 0.0695. The fraction of sp³-hybridized carbons (Fsp3) is 0.375. The number of aryl methyl sites for hydroxylation is 1. The minimum absolute atomic E-state index is 0.134. The van der Waals surface area contributed by atoms with Gasteiger partial charge in [0.15, 0.2) is 0 Å². The number of rotatable bonds is 2. The monoisotopic (exact) mass is 301 g/mol. The summed E-state index contributed by atoms with van der Waals surface area (Å²) >= 11 is 0. The maximum atomic E-state index is 12.5. The highest BCUT2D eigenvalue weighted by Gasteiger charge is 2.26. The van der Waals surface area contributed by atoms with Crippen LogP contribution < -0.4 is 10.5 Å². The number of hydrogen-bond donors (Lipinski definition) is 1. The van der Waals surface area contributed by atoms with Gasteiger partial charge in [0.2, 0.25) is 0 Å². The Morgan fingerprint density at radius 1 is 1.09 bits per heavy atom. The van der Waals surface area contributed by atoms with E-state index in [4.69, 9.17) is 0 Å². The van der Waals surface area contributed by atoms with Crippen molar-refractivity contribution in [2.45, 2.75) is 0 Å². The number of para-hydroxylation sites is 1. The second kappa shape index (κ2) is 5.46. The van der Waals surface area contributed by atoms with E-state index in [1.807, 2.05) is 36.2 Å². The van der Waals surface area contributed by atoms with Gasteiger partial charge in [0, 0.05) is 38.6 Å². The zero-order chi connectivity index (χ0) is 15.9. The Morgan fingerprint density at radius 3 is 2.36 bits per heavy atom. The molecule has 116 valence electrons. The summed E-state index contributed by atoms with van der Waals surface area (Å²) in [6, 6.07) is 7.46. The van der Waals surface area contributed by atoms with E-state index in [9.17, 15) is 14.7 Å². The Labute approximate surface area is 128 Å². The van der Waals surface area contributed by atoms with Gasteiger partial charge < -0.3 is 19.5 Å². The summed E-state index contributed by atoms with van der Waals surface area (Å²) in [5.74, 6) is -1.17. The molecular formula is C16H19N3O3. The second-order valence-electron chi connectivity index (χ2n) is 5.70. The lowest BCUT2D eigenvalue weighted by Crippen LogP contribution is -2.46. The van der Waals surface area contributed by atoms with Gasteiger partial charge in [-0.25, -0.2) is 4.79 Å². The highest BCUT2D eigenvalue weighted by Crippen LogP contribution is 2.29. The third kappa shape index (κ3) is 2.25. The van der Waals surface area contributed by atoms with Crippen LogP contribution in [0.25, 0.3) is 10.9 Å². The quantitative estimate of drug-likeness (QED) is 0.896. The fourth-order valence-electron chi connectivity index (χ4n) is 3.03. The average Bonchev–Trinajstić information content (AvgIpc) is 2.51. The van der Waals surface area contributed by atoms with Crippen molar-refractivity contribution < 1.29 is 9.90 Å². The largest absolute Gasteiger partial charge is 0.477 e. The molecule has 0 radical (unpaired) electrons. The van der Waals surface area contributed by atoms with Gasteiger partial charge in [0.25, 0.3) is 5.56 Å². The van der Waals surface area contributed by atoms with Gasteiger partial charge in [0.05, 0.1) is 11.2 Å². The molecule has 1 N–H and O–H groups in total. The first-order valence-electron chi connectivity index (χ1n) is 7.29. The predicted octanol–water partition coefficient (Wildman–Crippen LogP) is 0.988. The molecule has 0 spiro atoms. The van der Waals surface area contributed by atoms with E-state index in [2.05, 4.69) is 4.90 Å². The molecule has 1 saturated heterocycles. The summed E-state index contributed by atoms with van der Waals surface area (Å²) in [7, 11) is 3.66. The summed E-state index contributed by atoms with van der Waals surface area (Å²) in [6.07, 6.45) is 0. The normalized spacial score (nSPS) is 16.2. The first-order valence-corrected chi connectivity index (χ1v) is 7.29. The van der Waals surface area contributed by atoms with Crippen molar-refractivity contribution in [1.82, 2.24) is 9.47 Å². The molecule has 6 nitrogen and oxygen atoms in total. The summed E-state index contributed by atoms with van der Waals surface area (Å²) in [5.41, 5.74) is 0.719. The number of pyridine rings is 1. The Hall–Kier alpha value is -2.34. The molecule has 0 bridgehead atoms. The van der Waals surface area contributed by atoms with E-state index in [0.717, 1.165) is 24.0 Å². The van der Waals surface area contributed by atoms with Crippen LogP contribution in [0.1, 0.15) is 10.4 Å². The van der Waals surface area contributed by atoms with Crippen LogP contribution in [0.3, 0.4) is 0 Å². The zero-order valence-corrected chi connectivity index (χ0v) is 12.7. The number of carbonyl (C=O) groups is 1. The number of hydrogen-bond acceptors (Lipinski definition) is 4. The number of carboxylic acid groups (broad SMARTS) is 1. The molecule has 1 aromatic carbocycles. The molecule has 2 aromatic rings. The van der Waals surface area contributed by atoms with Crippen molar-refractivity contribution in [2.75, 3.05) is 38.1 Å². The van der Waals surface area contributed by atoms with E-state index >= 15 is 0 Å². The number of benzene rings is 1. The Morgan fingerprint density at radius 2 is 1.73 bits per heavy atom. The topological polar surface area (TPSA) is 65.8 Å². The van der Waals surface area contributed by atoms with Crippen LogP contribution in [0.4, 0.5) is 5.69 Å². The third-order valence-electron chi connectivity index (χ3n) is 4.31. The summed E-state index contributed by atoms with van der Waals surface area (Å²) < 4.78 is 1.42. The van der Waals surface area contributed by atoms with Crippen LogP contribution in [0.15, 0.2) is 29.1 Å². The maximum absolute atomic E-state index is 12.5. The van der Waals surface area contributed by atoms with Crippen LogP contribution in [0.2, 0.25) is 0 Å². The summed E-state index contributed by atoms with van der Waals surface area (Å²) in [6.45, 7) is 3.13. The van der Waals surface area contributed by atoms with Gasteiger partial charge in [-0.1, -0.05) is 18.2 Å². The number of likely N-dealkylation sites (N-methyl/N-ethyl adjacent to an activating group) is 1. The molecule has 2 heterocycles. The Balaban J connectivity index is 2.31. The van der Waals surface area contributed by atoms with E-state index in [1.165, 1.54) is 4.57 Å². The standard InChI is InChI=1S/C16H19N3O3/c1-17-7-9-19(10-8-17)14-11-5-3-4-6-12(11)18(2)15(20)13(14)16(21)22/h3-6H,7-10H2,1-2H3,(H,21,22). The molecule has 1 aliphatic rings. The van der Waals surface area contributed by atoms with Crippen LogP contribution in [-0.4, -0.2) is 53.8 Å². The highest BCUT2D eigenvalue weighted by atomic mass is 16.4. The molecule has 0 saturated carbocycles. The number of carboxylic acids is 1. The number of nitrogens with zero attached hydrogens (tertiary/aromatic N) is 3. The summed E-state index contributed by atoms with van der Waals surface area (Å²) in [5, 5.41) is 10.4. The minimum atomic E-state index is -1.17. The summed E-state index contributed by atoms with van der Waals surface area (Å²) in [4.78, 5) is 28.4. The maximum Gasteiger partial charge on any atom is 0.343 e. The molecule has 3 rings (SSSR count). The molecule has 0 unspecified atom stereocenters. The second-order valence-corrected chi connectivity index (χ2v) is 5.70. The first kappa shape index (κ1) is 14.6. The van der Waals surface area contributed by atoms with Crippen LogP contribution >= 0.6 is 0 Å². The van der Waals surface area contributed by atoms with Crippen molar-refractivity contribution >= 4 is 22.6 Å². The molecule has 0 aliphatic carbocycles. The number of aromatic carboxylic acids is 1. The fourth-order valence-corrected chi connectivity index (χ4v) is 3.03. The molecule has 0 atom stereocenters. The number of anilines is 1. The van der Waals surface area contributed by atoms with Gasteiger partial charge in [0.1, 0.15) is 5.56 Å². The lowest BCUT2D eigenvalue weighted by Gasteiger charge is -2.35. The molecular weight excluding hydrogens is 282 g/mol. The average molecular weight is 301 g/mol. The zero-order valence-electron chi connectivity index (χ0n) is 12.7. The first-order chi connectivity index (χ1) is 10.5. The van der Waals surface area contributed by atoms with Gasteiger partial charge in [-0.3, -0.25) is 4.79 Å². The number of aromatic nitrogens is 1. The van der Waals surface area contributed by atoms with Gasteiger partial charge in [-0.15, -0.1) is 0 Å². The van der Waals surface area contributed by atoms with E-state index in [0.29, 0.717) is 18.8 Å². The van der Waals surface area contributed by atoms with E-state index < -0.39 is 11.5 Å². The van der Waals surface area contributed by atoms with Gasteiger partial charge >= 0.3 is 5.97 Å². The minimum Gasteiger partial charge on any atom is -0.477 e. The molecule has 1 fully saturated rings. The van der Waals surface area contributed by atoms with E-state index in [1.54, 1.807) is 7.05 Å². The van der Waals surface area contributed by atoms with Crippen LogP contribution in [-0.2, 0) is 7.05 Å². The Kier molecular flexibility index (Phi) is 3.62. The van der Waals surface area contributed by atoms with Crippen LogP contribution in [0, 0.1) is 0 Å². The van der Waals surface area contributed by atoms with Gasteiger partial charge in [-0.2, -0.15) is 0 Å². The van der Waals surface area contributed by atoms with Gasteiger partial charge in [-0.05, 0) is 13.1 Å². The SMILES string of the molecule is CN1CCN(c2c(C(=O)O)c(=O)n(C)c3ccccc23)CC1. The number of piperazine rings is 1. The van der Waals surface area contributed by atoms with Crippen molar-refractivity contribution in [3.8, 4) is 0 Å². The van der Waals surface area contributed by atoms with Crippen molar-refractivity contribution in [1.29, 1.82) is 0 Å². The molecule has 22 heavy (non-hydrogen) atoms. The predicted molar refractivity (Wildman–Crippen MR) is 85.9 cm³/mol. The van der Waals surface area contributed by atoms with E-state index in [-0.39, 0.29) is 5.56 Å². The third-order valence-corrected chi connectivity index (χ3v) is 4.31. The molecule has 1 aliphatic heterocycles. The van der Waals surface area contributed by atoms with Crippen molar-refractivity contribution in [3.05, 3.63) is 40.2 Å². The van der Waals surface area contributed by atoms with Crippen molar-refractivity contribution in [2.24, 2.45) is 7.05 Å². The lowest BCUT2D eigenvalue weighted by atomic mass is 10.1. The Bertz CT molecular complexity index is 789. The van der Waals surface area contributed by atoms with Crippen molar-refractivity contribution in [3.63, 3.8) is 0 Å². The molecule has 6 heteroatoms. The van der Waals surface area contributed by atoms with Crippen LogP contribution in [0.5, 0.6) is 0 Å². The molecule has 0 amide bonds. The molecule has 1 aromatic heterocycles. The number of fused-ring (bicyclic) bond motifs is 1. The smallest absolute Gasteiger partial charge is 0.343 e. The highest BCUT2D eigenvalue weighted by molar-refractivity contribution is 6.04.